The van der Waals surface area contributed by atoms with Gasteiger partial charge in [-0.1, -0.05) is 43.5 Å². The number of amides is 1. The van der Waals surface area contributed by atoms with Crippen LogP contribution in [0.1, 0.15) is 42.1 Å². The highest BCUT2D eigenvalue weighted by Gasteiger charge is 2.06. The van der Waals surface area contributed by atoms with Gasteiger partial charge in [0.2, 0.25) is 5.95 Å². The molecule has 6 heteroatoms. The molecule has 1 aromatic carbocycles. The van der Waals surface area contributed by atoms with Crippen LogP contribution < -0.4 is 10.6 Å². The number of nitrogens with zero attached hydrogens (tertiary/aromatic N) is 2. The minimum atomic E-state index is -0.126. The van der Waals surface area contributed by atoms with Crippen molar-refractivity contribution in [1.29, 1.82) is 0 Å². The molecule has 5 nitrogen and oxygen atoms in total. The first kappa shape index (κ1) is 18.2. The van der Waals surface area contributed by atoms with Gasteiger partial charge in [0.1, 0.15) is 0 Å². The van der Waals surface area contributed by atoms with E-state index in [1.54, 1.807) is 12.4 Å². The van der Waals surface area contributed by atoms with E-state index in [1.165, 1.54) is 5.56 Å². The summed E-state index contributed by atoms with van der Waals surface area (Å²) < 4.78 is 0. The van der Waals surface area contributed by atoms with Gasteiger partial charge in [-0.05, 0) is 30.5 Å². The van der Waals surface area contributed by atoms with Crippen LogP contribution >= 0.6 is 11.6 Å². The van der Waals surface area contributed by atoms with Crippen molar-refractivity contribution in [3.05, 3.63) is 52.8 Å². The Hall–Kier alpha value is -2.14. The number of anilines is 1. The third kappa shape index (κ3) is 6.16. The van der Waals surface area contributed by atoms with Gasteiger partial charge in [0, 0.05) is 30.5 Å². The van der Waals surface area contributed by atoms with E-state index in [0.717, 1.165) is 30.7 Å². The molecule has 0 aliphatic heterocycles. The maximum Gasteiger partial charge on any atom is 0.254 e. The number of benzene rings is 1. The zero-order chi connectivity index (χ0) is 17.2. The number of unbranched alkanes of at least 4 members (excludes halogenated alkanes) is 2. The van der Waals surface area contributed by atoms with E-state index in [2.05, 4.69) is 27.5 Å². The molecule has 24 heavy (non-hydrogen) atoms. The molecule has 0 bridgehead atoms. The molecule has 2 rings (SSSR count). The minimum Gasteiger partial charge on any atom is -0.354 e. The van der Waals surface area contributed by atoms with Gasteiger partial charge in [0.15, 0.2) is 0 Å². The Morgan fingerprint density at radius 3 is 2.46 bits per heavy atom. The Morgan fingerprint density at radius 1 is 1.08 bits per heavy atom. The number of nitrogens with one attached hydrogen (secondary N) is 2. The summed E-state index contributed by atoms with van der Waals surface area (Å²) in [4.78, 5) is 20.3. The third-order valence-corrected chi connectivity index (χ3v) is 3.84. The topological polar surface area (TPSA) is 66.9 Å². The van der Waals surface area contributed by atoms with Gasteiger partial charge in [0.25, 0.3) is 5.91 Å². The molecule has 0 atom stereocenters. The third-order valence-electron chi connectivity index (χ3n) is 3.59. The molecule has 2 N–H and O–H groups in total. The van der Waals surface area contributed by atoms with Crippen LogP contribution in [0.15, 0.2) is 36.7 Å². The fourth-order valence-corrected chi connectivity index (χ4v) is 2.31. The average Bonchev–Trinajstić information content (AvgIpc) is 2.61. The second-order valence-electron chi connectivity index (χ2n) is 5.56. The summed E-state index contributed by atoms with van der Waals surface area (Å²) in [5.41, 5.74) is 1.67. The molecule has 0 saturated carbocycles. The molecule has 2 aromatic rings. The van der Waals surface area contributed by atoms with E-state index in [4.69, 9.17) is 11.6 Å². The largest absolute Gasteiger partial charge is 0.354 e. The van der Waals surface area contributed by atoms with E-state index in [0.29, 0.717) is 24.6 Å². The summed E-state index contributed by atoms with van der Waals surface area (Å²) in [6, 6.07) is 7.75. The number of carbonyl (C=O) groups excluding carboxylic acids is 1. The van der Waals surface area contributed by atoms with Gasteiger partial charge in [-0.3, -0.25) is 4.79 Å². The monoisotopic (exact) mass is 346 g/mol. The van der Waals surface area contributed by atoms with Crippen molar-refractivity contribution in [2.45, 2.75) is 32.6 Å². The highest BCUT2D eigenvalue weighted by Crippen LogP contribution is 2.10. The number of aromatic nitrogens is 2. The van der Waals surface area contributed by atoms with E-state index >= 15 is 0 Å². The average molecular weight is 347 g/mol. The summed E-state index contributed by atoms with van der Waals surface area (Å²) >= 11 is 5.86. The van der Waals surface area contributed by atoms with Crippen molar-refractivity contribution < 1.29 is 4.79 Å². The van der Waals surface area contributed by atoms with Gasteiger partial charge in [-0.25, -0.2) is 9.97 Å². The fraction of sp³-hybridized carbons (Fsp3) is 0.389. The first-order valence-corrected chi connectivity index (χ1v) is 8.65. The summed E-state index contributed by atoms with van der Waals surface area (Å²) in [6.45, 7) is 3.53. The van der Waals surface area contributed by atoms with Gasteiger partial charge in [0.05, 0.1) is 5.56 Å². The lowest BCUT2D eigenvalue weighted by Gasteiger charge is -2.07. The lowest BCUT2D eigenvalue weighted by molar-refractivity contribution is 0.0952. The second-order valence-corrected chi connectivity index (χ2v) is 6.00. The highest BCUT2D eigenvalue weighted by molar-refractivity contribution is 6.30. The Labute approximate surface area is 147 Å². The highest BCUT2D eigenvalue weighted by atomic mass is 35.5. The van der Waals surface area contributed by atoms with Crippen LogP contribution in [0.5, 0.6) is 0 Å². The number of halogens is 1. The number of hydrogen-bond donors (Lipinski definition) is 2. The van der Waals surface area contributed by atoms with Gasteiger partial charge >= 0.3 is 0 Å². The van der Waals surface area contributed by atoms with Crippen molar-refractivity contribution in [3.63, 3.8) is 0 Å². The molecule has 0 saturated heterocycles. The van der Waals surface area contributed by atoms with Gasteiger partial charge in [-0.2, -0.15) is 0 Å². The quantitative estimate of drug-likeness (QED) is 0.679. The Bertz CT molecular complexity index is 628. The maximum atomic E-state index is 11.9. The maximum absolute atomic E-state index is 11.9. The zero-order valence-electron chi connectivity index (χ0n) is 13.9. The summed E-state index contributed by atoms with van der Waals surface area (Å²) in [5, 5.41) is 6.75. The Kier molecular flexibility index (Phi) is 7.49. The van der Waals surface area contributed by atoms with E-state index < -0.39 is 0 Å². The van der Waals surface area contributed by atoms with Crippen LogP contribution in [0.4, 0.5) is 5.95 Å². The van der Waals surface area contributed by atoms with Crippen molar-refractivity contribution in [1.82, 2.24) is 15.3 Å². The van der Waals surface area contributed by atoms with Gasteiger partial charge in [-0.15, -0.1) is 0 Å². The van der Waals surface area contributed by atoms with E-state index in [1.807, 2.05) is 24.3 Å². The van der Waals surface area contributed by atoms with Crippen LogP contribution in [0.3, 0.4) is 0 Å². The molecule has 0 aliphatic carbocycles. The number of carbonyl (C=O) groups is 1. The second kappa shape index (κ2) is 9.88. The fourth-order valence-electron chi connectivity index (χ4n) is 2.19. The molecule has 1 aromatic heterocycles. The molecule has 1 amide bonds. The Balaban J connectivity index is 1.75. The molecule has 0 spiro atoms. The van der Waals surface area contributed by atoms with Gasteiger partial charge < -0.3 is 10.6 Å². The van der Waals surface area contributed by atoms with Crippen LogP contribution in [0.25, 0.3) is 0 Å². The normalized spacial score (nSPS) is 10.4. The van der Waals surface area contributed by atoms with E-state index in [9.17, 15) is 4.79 Å². The summed E-state index contributed by atoms with van der Waals surface area (Å²) in [6.07, 6.45) is 7.19. The molecular weight excluding hydrogens is 324 g/mol. The molecule has 0 aliphatic rings. The standard InChI is InChI=1S/C18H23ClN4O/c1-2-3-4-10-20-17(24)15-12-22-18(23-13-15)21-11-9-14-5-7-16(19)8-6-14/h5-8,12-13H,2-4,9-11H2,1H3,(H,20,24)(H,21,22,23). The number of rotatable bonds is 9. The Morgan fingerprint density at radius 2 is 1.79 bits per heavy atom. The predicted octanol–water partition coefficient (Wildman–Crippen LogP) is 3.70. The summed E-state index contributed by atoms with van der Waals surface area (Å²) in [5.74, 6) is 0.394. The zero-order valence-corrected chi connectivity index (χ0v) is 14.6. The first-order chi connectivity index (χ1) is 11.7. The van der Waals surface area contributed by atoms with Crippen molar-refractivity contribution in [3.8, 4) is 0 Å². The molecule has 0 unspecified atom stereocenters. The lowest BCUT2D eigenvalue weighted by Crippen LogP contribution is -2.24. The van der Waals surface area contributed by atoms with Crippen LogP contribution in [0.2, 0.25) is 5.02 Å². The molecule has 1 heterocycles. The lowest BCUT2D eigenvalue weighted by atomic mass is 10.1. The van der Waals surface area contributed by atoms with Crippen molar-refractivity contribution in [2.75, 3.05) is 18.4 Å². The first-order valence-electron chi connectivity index (χ1n) is 8.27. The SMILES string of the molecule is CCCCCNC(=O)c1cnc(NCCc2ccc(Cl)cc2)nc1. The van der Waals surface area contributed by atoms with Crippen LogP contribution in [-0.4, -0.2) is 29.0 Å². The minimum absolute atomic E-state index is 0.126. The summed E-state index contributed by atoms with van der Waals surface area (Å²) in [7, 11) is 0. The predicted molar refractivity (Wildman–Crippen MR) is 97.5 cm³/mol. The molecule has 128 valence electrons. The molecule has 0 fully saturated rings. The van der Waals surface area contributed by atoms with Crippen LogP contribution in [0, 0.1) is 0 Å². The smallest absolute Gasteiger partial charge is 0.254 e. The van der Waals surface area contributed by atoms with Crippen LogP contribution in [-0.2, 0) is 6.42 Å². The van der Waals surface area contributed by atoms with Crippen molar-refractivity contribution >= 4 is 23.5 Å². The molecule has 0 radical (unpaired) electrons. The number of hydrogen-bond acceptors (Lipinski definition) is 4. The molecular formula is C18H23ClN4O. The van der Waals surface area contributed by atoms with E-state index in [-0.39, 0.29) is 5.91 Å². The van der Waals surface area contributed by atoms with Crippen molar-refractivity contribution in [2.24, 2.45) is 0 Å².